The number of nitrogen functional groups attached to an aromatic ring is 1. The number of rotatable bonds is 3. The number of H-pyrrole nitrogens is 1. The van der Waals surface area contributed by atoms with Gasteiger partial charge in [-0.2, -0.15) is 0 Å². The molecule has 0 bridgehead atoms. The average Bonchev–Trinajstić information content (AvgIpc) is 2.77. The Morgan fingerprint density at radius 1 is 1.10 bits per heavy atom. The maximum atomic E-state index is 12.2. The number of nitrogens with two attached hydrogens (primary N) is 1. The maximum absolute atomic E-state index is 12.2. The summed E-state index contributed by atoms with van der Waals surface area (Å²) in [4.78, 5) is 12.2. The molecule has 21 heavy (non-hydrogen) atoms. The fourth-order valence-corrected chi connectivity index (χ4v) is 2.47. The molecule has 0 radical (unpaired) electrons. The van der Waals surface area contributed by atoms with Gasteiger partial charge >= 0.3 is 0 Å². The molecular weight excluding hydrogens is 286 g/mol. The molecule has 0 amide bonds. The Morgan fingerprint density at radius 2 is 1.86 bits per heavy atom. The lowest BCUT2D eigenvalue weighted by Crippen LogP contribution is -2.19. The molecule has 3 aromatic rings. The van der Waals surface area contributed by atoms with Crippen molar-refractivity contribution in [2.75, 3.05) is 5.73 Å². The highest BCUT2D eigenvalue weighted by Gasteiger charge is 2.12. The van der Waals surface area contributed by atoms with E-state index in [2.05, 4.69) is 5.10 Å². The van der Waals surface area contributed by atoms with Gasteiger partial charge in [0.2, 0.25) is 0 Å². The molecule has 0 aliphatic carbocycles. The smallest absolute Gasteiger partial charge is 0.290 e. The quantitative estimate of drug-likeness (QED) is 0.780. The summed E-state index contributed by atoms with van der Waals surface area (Å²) in [6, 6.07) is 16.9. The van der Waals surface area contributed by atoms with Gasteiger partial charge in [-0.3, -0.25) is 9.89 Å². The van der Waals surface area contributed by atoms with E-state index in [0.29, 0.717) is 17.3 Å². The molecule has 0 saturated heterocycles. The zero-order chi connectivity index (χ0) is 14.8. The highest BCUT2D eigenvalue weighted by atomic mass is 35.5. The largest absolute Gasteiger partial charge is 0.392 e. The number of nitrogens with zero attached hydrogens (tertiary/aromatic N) is 1. The Balaban J connectivity index is 2.00. The first-order valence-electron chi connectivity index (χ1n) is 6.53. The van der Waals surface area contributed by atoms with Gasteiger partial charge in [0.1, 0.15) is 5.69 Å². The first-order chi connectivity index (χ1) is 10.1. The molecule has 0 saturated carbocycles. The van der Waals surface area contributed by atoms with Crippen molar-refractivity contribution in [2.45, 2.75) is 6.54 Å². The van der Waals surface area contributed by atoms with E-state index in [1.807, 2.05) is 48.5 Å². The van der Waals surface area contributed by atoms with Gasteiger partial charge in [0, 0.05) is 10.6 Å². The number of nitrogens with one attached hydrogen (secondary N) is 1. The van der Waals surface area contributed by atoms with Gasteiger partial charge in [-0.25, -0.2) is 4.68 Å². The van der Waals surface area contributed by atoms with Crippen LogP contribution in [0.15, 0.2) is 59.4 Å². The second-order valence-electron chi connectivity index (χ2n) is 4.79. The first kappa shape index (κ1) is 13.5. The Morgan fingerprint density at radius 3 is 2.57 bits per heavy atom. The minimum atomic E-state index is -0.228. The summed E-state index contributed by atoms with van der Waals surface area (Å²) in [6.07, 6.45) is 0. The van der Waals surface area contributed by atoms with Crippen LogP contribution >= 0.6 is 11.6 Å². The molecule has 0 atom stereocenters. The topological polar surface area (TPSA) is 63.8 Å². The lowest BCUT2D eigenvalue weighted by Gasteiger charge is -2.03. The Bertz CT molecular complexity index is 821. The van der Waals surface area contributed by atoms with E-state index >= 15 is 0 Å². The van der Waals surface area contributed by atoms with E-state index < -0.39 is 0 Å². The molecule has 4 nitrogen and oxygen atoms in total. The third-order valence-electron chi connectivity index (χ3n) is 3.28. The van der Waals surface area contributed by atoms with Crippen molar-refractivity contribution in [3.8, 4) is 11.3 Å². The van der Waals surface area contributed by atoms with Crippen LogP contribution in [0.25, 0.3) is 11.3 Å². The number of hydrogen-bond donors (Lipinski definition) is 2. The number of halogens is 1. The van der Waals surface area contributed by atoms with Crippen LogP contribution in [0.2, 0.25) is 5.02 Å². The van der Waals surface area contributed by atoms with Crippen LogP contribution < -0.4 is 11.3 Å². The van der Waals surface area contributed by atoms with E-state index in [4.69, 9.17) is 17.3 Å². The van der Waals surface area contributed by atoms with E-state index in [1.54, 1.807) is 6.07 Å². The highest BCUT2D eigenvalue weighted by molar-refractivity contribution is 6.30. The van der Waals surface area contributed by atoms with Crippen molar-refractivity contribution in [3.05, 3.63) is 75.5 Å². The average molecular weight is 300 g/mol. The summed E-state index contributed by atoms with van der Waals surface area (Å²) < 4.78 is 1.49. The second-order valence-corrected chi connectivity index (χ2v) is 5.22. The van der Waals surface area contributed by atoms with Gasteiger partial charge in [-0.15, -0.1) is 0 Å². The Labute approximate surface area is 126 Å². The summed E-state index contributed by atoms with van der Waals surface area (Å²) in [6.45, 7) is 0.399. The molecule has 1 aromatic heterocycles. The molecule has 0 spiro atoms. The molecule has 2 aromatic carbocycles. The zero-order valence-corrected chi connectivity index (χ0v) is 12.0. The SMILES string of the molecule is Nc1c(-c2ccccc2)[nH]n(Cc2cccc(Cl)c2)c1=O. The predicted octanol–water partition coefficient (Wildman–Crippen LogP) is 3.13. The molecule has 3 N–H and O–H groups in total. The summed E-state index contributed by atoms with van der Waals surface area (Å²) in [5.74, 6) is 0. The van der Waals surface area contributed by atoms with Gasteiger partial charge in [0.15, 0.2) is 0 Å². The summed E-state index contributed by atoms with van der Waals surface area (Å²) in [5, 5.41) is 3.71. The molecular formula is C16H14ClN3O. The lowest BCUT2D eigenvalue weighted by atomic mass is 10.1. The monoisotopic (exact) mass is 299 g/mol. The maximum Gasteiger partial charge on any atom is 0.290 e. The minimum absolute atomic E-state index is 0.225. The van der Waals surface area contributed by atoms with Gasteiger partial charge in [-0.1, -0.05) is 54.1 Å². The Kier molecular flexibility index (Phi) is 3.54. The molecule has 106 valence electrons. The first-order valence-corrected chi connectivity index (χ1v) is 6.91. The number of aromatic nitrogens is 2. The van der Waals surface area contributed by atoms with Crippen LogP contribution in [0.5, 0.6) is 0 Å². The standard InChI is InChI=1S/C16H14ClN3O/c17-13-8-4-5-11(9-13)10-20-16(21)14(18)15(19-20)12-6-2-1-3-7-12/h1-9,19H,10,18H2. The number of anilines is 1. The Hall–Kier alpha value is -2.46. The van der Waals surface area contributed by atoms with Crippen LogP contribution in [-0.4, -0.2) is 9.78 Å². The summed E-state index contributed by atoms with van der Waals surface area (Å²) in [5.41, 5.74) is 8.39. The van der Waals surface area contributed by atoms with Crippen LogP contribution in [-0.2, 0) is 6.54 Å². The summed E-state index contributed by atoms with van der Waals surface area (Å²) >= 11 is 5.96. The van der Waals surface area contributed by atoms with E-state index in [1.165, 1.54) is 4.68 Å². The number of benzene rings is 2. The molecule has 1 heterocycles. The normalized spacial score (nSPS) is 10.7. The van der Waals surface area contributed by atoms with Crippen molar-refractivity contribution in [2.24, 2.45) is 0 Å². The van der Waals surface area contributed by atoms with Gasteiger partial charge in [0.05, 0.1) is 12.2 Å². The van der Waals surface area contributed by atoms with Crippen LogP contribution in [0.1, 0.15) is 5.56 Å². The molecule has 3 rings (SSSR count). The predicted molar refractivity (Wildman–Crippen MR) is 85.5 cm³/mol. The third-order valence-corrected chi connectivity index (χ3v) is 3.52. The van der Waals surface area contributed by atoms with Gasteiger partial charge in [-0.05, 0) is 17.7 Å². The minimum Gasteiger partial charge on any atom is -0.392 e. The van der Waals surface area contributed by atoms with Crippen LogP contribution in [0, 0.1) is 0 Å². The van der Waals surface area contributed by atoms with E-state index in [0.717, 1.165) is 11.1 Å². The van der Waals surface area contributed by atoms with Gasteiger partial charge < -0.3 is 5.73 Å². The zero-order valence-electron chi connectivity index (χ0n) is 11.2. The number of aromatic amines is 1. The fraction of sp³-hybridized carbons (Fsp3) is 0.0625. The van der Waals surface area contributed by atoms with E-state index in [9.17, 15) is 4.79 Å². The highest BCUT2D eigenvalue weighted by Crippen LogP contribution is 2.21. The fourth-order valence-electron chi connectivity index (χ4n) is 2.25. The van der Waals surface area contributed by atoms with Crippen LogP contribution in [0.3, 0.4) is 0 Å². The number of hydrogen-bond acceptors (Lipinski definition) is 2. The van der Waals surface area contributed by atoms with Gasteiger partial charge in [0.25, 0.3) is 5.56 Å². The van der Waals surface area contributed by atoms with Crippen molar-refractivity contribution >= 4 is 17.3 Å². The molecule has 0 fully saturated rings. The third kappa shape index (κ3) is 2.71. The van der Waals surface area contributed by atoms with Crippen molar-refractivity contribution in [3.63, 3.8) is 0 Å². The van der Waals surface area contributed by atoms with Crippen molar-refractivity contribution < 1.29 is 0 Å². The van der Waals surface area contributed by atoms with Crippen molar-refractivity contribution in [1.82, 2.24) is 9.78 Å². The van der Waals surface area contributed by atoms with Crippen LogP contribution in [0.4, 0.5) is 5.69 Å². The molecule has 0 unspecified atom stereocenters. The second kappa shape index (κ2) is 5.50. The molecule has 0 aliphatic rings. The summed E-state index contributed by atoms with van der Waals surface area (Å²) in [7, 11) is 0. The lowest BCUT2D eigenvalue weighted by molar-refractivity contribution is 0.666. The molecule has 5 heteroatoms. The van der Waals surface area contributed by atoms with Crippen molar-refractivity contribution in [1.29, 1.82) is 0 Å². The van der Waals surface area contributed by atoms with E-state index in [-0.39, 0.29) is 11.2 Å². The molecule has 0 aliphatic heterocycles.